The number of rotatable bonds is 5. The molecule has 1 heterocycles. The smallest absolute Gasteiger partial charge is 0.138 e. The lowest BCUT2D eigenvalue weighted by Gasteiger charge is -2.06. The van der Waals surface area contributed by atoms with Crippen molar-refractivity contribution < 1.29 is 4.74 Å². The summed E-state index contributed by atoms with van der Waals surface area (Å²) in [6.07, 6.45) is 3.25. The third-order valence-electron chi connectivity index (χ3n) is 1.83. The normalized spacial score (nSPS) is 13.2. The third kappa shape index (κ3) is 3.32. The van der Waals surface area contributed by atoms with Gasteiger partial charge in [-0.05, 0) is 6.42 Å². The van der Waals surface area contributed by atoms with Gasteiger partial charge in [0.2, 0.25) is 0 Å². The predicted octanol–water partition coefficient (Wildman–Crippen LogP) is 1.00. The molecule has 0 saturated heterocycles. The van der Waals surface area contributed by atoms with E-state index in [0.717, 1.165) is 18.7 Å². The Hall–Kier alpha value is -0.610. The quantitative estimate of drug-likeness (QED) is 0.671. The van der Waals surface area contributed by atoms with Gasteiger partial charge in [-0.1, -0.05) is 0 Å². The van der Waals surface area contributed by atoms with E-state index in [1.165, 1.54) is 0 Å². The summed E-state index contributed by atoms with van der Waals surface area (Å²) in [6, 6.07) is 0. The standard InChI is InChI=1S/C8H14ClN3O/c1-12-8(10-6-11-12)4-3-7(9)5-13-2/h6-7H,3-5H2,1-2H3. The molecule has 0 spiro atoms. The van der Waals surface area contributed by atoms with Crippen LogP contribution in [0.25, 0.3) is 0 Å². The van der Waals surface area contributed by atoms with Crippen LogP contribution in [0, 0.1) is 0 Å². The van der Waals surface area contributed by atoms with Gasteiger partial charge in [0, 0.05) is 20.6 Å². The van der Waals surface area contributed by atoms with Crippen LogP contribution in [-0.2, 0) is 18.2 Å². The molecule has 1 aromatic rings. The average Bonchev–Trinajstić information content (AvgIpc) is 2.48. The molecule has 0 N–H and O–H groups in total. The Balaban J connectivity index is 2.30. The van der Waals surface area contributed by atoms with E-state index in [0.29, 0.717) is 6.61 Å². The number of ether oxygens (including phenoxy) is 1. The lowest BCUT2D eigenvalue weighted by Crippen LogP contribution is -2.10. The van der Waals surface area contributed by atoms with Crippen molar-refractivity contribution >= 4 is 11.6 Å². The molecule has 0 aliphatic heterocycles. The zero-order chi connectivity index (χ0) is 9.68. The van der Waals surface area contributed by atoms with Crippen molar-refractivity contribution in [3.63, 3.8) is 0 Å². The van der Waals surface area contributed by atoms with Gasteiger partial charge >= 0.3 is 0 Å². The highest BCUT2D eigenvalue weighted by atomic mass is 35.5. The maximum atomic E-state index is 5.97. The van der Waals surface area contributed by atoms with E-state index < -0.39 is 0 Å². The van der Waals surface area contributed by atoms with Crippen molar-refractivity contribution in [2.24, 2.45) is 7.05 Å². The molecule has 1 atom stereocenters. The molecular formula is C8H14ClN3O. The van der Waals surface area contributed by atoms with Crippen LogP contribution in [0.4, 0.5) is 0 Å². The molecule has 1 rings (SSSR count). The van der Waals surface area contributed by atoms with Crippen LogP contribution in [0.2, 0.25) is 0 Å². The van der Waals surface area contributed by atoms with Crippen LogP contribution in [-0.4, -0.2) is 33.9 Å². The van der Waals surface area contributed by atoms with Crippen molar-refractivity contribution in [3.05, 3.63) is 12.2 Å². The summed E-state index contributed by atoms with van der Waals surface area (Å²) in [5.74, 6) is 0.960. The van der Waals surface area contributed by atoms with Gasteiger partial charge in [0.1, 0.15) is 12.2 Å². The van der Waals surface area contributed by atoms with E-state index in [2.05, 4.69) is 10.1 Å². The summed E-state index contributed by atoms with van der Waals surface area (Å²) >= 11 is 5.97. The first kappa shape index (κ1) is 10.5. The number of aryl methyl sites for hydroxylation is 2. The first-order valence-electron chi connectivity index (χ1n) is 4.20. The van der Waals surface area contributed by atoms with Crippen LogP contribution in [0.15, 0.2) is 6.33 Å². The minimum atomic E-state index is 0.0571. The molecule has 0 saturated carbocycles. The largest absolute Gasteiger partial charge is 0.383 e. The molecule has 0 amide bonds. The van der Waals surface area contributed by atoms with Crippen molar-refractivity contribution in [3.8, 4) is 0 Å². The highest BCUT2D eigenvalue weighted by molar-refractivity contribution is 6.20. The second kappa shape index (κ2) is 5.19. The summed E-state index contributed by atoms with van der Waals surface area (Å²) in [6.45, 7) is 0.583. The van der Waals surface area contributed by atoms with E-state index >= 15 is 0 Å². The molecule has 4 nitrogen and oxygen atoms in total. The lowest BCUT2D eigenvalue weighted by molar-refractivity contribution is 0.195. The summed E-state index contributed by atoms with van der Waals surface area (Å²) in [5.41, 5.74) is 0. The molecule has 13 heavy (non-hydrogen) atoms. The van der Waals surface area contributed by atoms with Gasteiger partial charge in [-0.3, -0.25) is 4.68 Å². The number of hydrogen-bond donors (Lipinski definition) is 0. The fourth-order valence-electron chi connectivity index (χ4n) is 1.10. The molecule has 1 unspecified atom stereocenters. The van der Waals surface area contributed by atoms with Crippen LogP contribution in [0.5, 0.6) is 0 Å². The SMILES string of the molecule is COCC(Cl)CCc1ncnn1C. The van der Waals surface area contributed by atoms with E-state index in [4.69, 9.17) is 16.3 Å². The predicted molar refractivity (Wildman–Crippen MR) is 50.8 cm³/mol. The average molecular weight is 204 g/mol. The van der Waals surface area contributed by atoms with Gasteiger partial charge in [0.05, 0.1) is 12.0 Å². The summed E-state index contributed by atoms with van der Waals surface area (Å²) < 4.78 is 6.69. The number of hydrogen-bond acceptors (Lipinski definition) is 3. The van der Waals surface area contributed by atoms with Crippen molar-refractivity contribution in [2.75, 3.05) is 13.7 Å². The minimum Gasteiger partial charge on any atom is -0.383 e. The Kier molecular flexibility index (Phi) is 4.18. The molecule has 0 radical (unpaired) electrons. The molecule has 74 valence electrons. The lowest BCUT2D eigenvalue weighted by atomic mass is 10.2. The maximum absolute atomic E-state index is 5.97. The highest BCUT2D eigenvalue weighted by Crippen LogP contribution is 2.06. The van der Waals surface area contributed by atoms with E-state index in [-0.39, 0.29) is 5.38 Å². The molecule has 0 bridgehead atoms. The fourth-order valence-corrected chi connectivity index (χ4v) is 1.33. The van der Waals surface area contributed by atoms with Gasteiger partial charge in [0.25, 0.3) is 0 Å². The molecule has 0 aromatic carbocycles. The van der Waals surface area contributed by atoms with Gasteiger partial charge in [0.15, 0.2) is 0 Å². The Morgan fingerprint density at radius 3 is 3.00 bits per heavy atom. The highest BCUT2D eigenvalue weighted by Gasteiger charge is 2.06. The zero-order valence-corrected chi connectivity index (χ0v) is 8.66. The van der Waals surface area contributed by atoms with Crippen LogP contribution in [0.1, 0.15) is 12.2 Å². The number of halogens is 1. The third-order valence-corrected chi connectivity index (χ3v) is 2.18. The zero-order valence-electron chi connectivity index (χ0n) is 7.90. The van der Waals surface area contributed by atoms with Gasteiger partial charge in [-0.15, -0.1) is 11.6 Å². The topological polar surface area (TPSA) is 39.9 Å². The first-order valence-corrected chi connectivity index (χ1v) is 4.63. The molecule has 0 aliphatic carbocycles. The number of alkyl halides is 1. The fraction of sp³-hybridized carbons (Fsp3) is 0.750. The first-order chi connectivity index (χ1) is 6.24. The number of nitrogens with zero attached hydrogens (tertiary/aromatic N) is 3. The van der Waals surface area contributed by atoms with Crippen LogP contribution < -0.4 is 0 Å². The summed E-state index contributed by atoms with van der Waals surface area (Å²) in [7, 11) is 3.53. The minimum absolute atomic E-state index is 0.0571. The summed E-state index contributed by atoms with van der Waals surface area (Å²) in [5, 5.41) is 4.03. The van der Waals surface area contributed by atoms with Crippen LogP contribution >= 0.6 is 11.6 Å². The van der Waals surface area contributed by atoms with Gasteiger partial charge in [-0.2, -0.15) is 5.10 Å². The summed E-state index contributed by atoms with van der Waals surface area (Å²) in [4.78, 5) is 4.10. The van der Waals surface area contributed by atoms with Crippen molar-refractivity contribution in [1.29, 1.82) is 0 Å². The second-order valence-electron chi connectivity index (χ2n) is 2.89. The van der Waals surface area contributed by atoms with E-state index in [9.17, 15) is 0 Å². The van der Waals surface area contributed by atoms with Crippen molar-refractivity contribution in [1.82, 2.24) is 14.8 Å². The molecule has 0 fully saturated rings. The monoisotopic (exact) mass is 203 g/mol. The Bertz CT molecular complexity index is 251. The molecular weight excluding hydrogens is 190 g/mol. The molecule has 0 aliphatic rings. The van der Waals surface area contributed by atoms with Crippen LogP contribution in [0.3, 0.4) is 0 Å². The van der Waals surface area contributed by atoms with Gasteiger partial charge in [-0.25, -0.2) is 4.98 Å². The number of aromatic nitrogens is 3. The maximum Gasteiger partial charge on any atom is 0.138 e. The molecule has 5 heteroatoms. The van der Waals surface area contributed by atoms with Crippen molar-refractivity contribution in [2.45, 2.75) is 18.2 Å². The second-order valence-corrected chi connectivity index (χ2v) is 3.51. The van der Waals surface area contributed by atoms with E-state index in [1.54, 1.807) is 18.1 Å². The van der Waals surface area contributed by atoms with E-state index in [1.807, 2.05) is 7.05 Å². The number of methoxy groups -OCH3 is 1. The Morgan fingerprint density at radius 1 is 1.69 bits per heavy atom. The molecule has 1 aromatic heterocycles. The van der Waals surface area contributed by atoms with Gasteiger partial charge < -0.3 is 4.74 Å². The Labute approximate surface area is 82.9 Å². The Morgan fingerprint density at radius 2 is 2.46 bits per heavy atom.